The number of aromatic nitrogens is 12. The topological polar surface area (TPSA) is 215 Å². The quantitative estimate of drug-likeness (QED) is 0.111. The van der Waals surface area contributed by atoms with E-state index in [4.69, 9.17) is 49.3 Å². The highest BCUT2D eigenvalue weighted by atomic mass is 32.1. The van der Waals surface area contributed by atoms with Crippen LogP contribution >= 0.6 is 22.7 Å². The van der Waals surface area contributed by atoms with Gasteiger partial charge in [-0.1, -0.05) is 299 Å². The highest BCUT2D eigenvalue weighted by Crippen LogP contribution is 2.48. The molecule has 18 heteroatoms. The van der Waals surface area contributed by atoms with Crippen LogP contribution < -0.4 is 0 Å². The molecular formula is C121H73N15OS2. The molecule has 0 aliphatic carbocycles. The summed E-state index contributed by atoms with van der Waals surface area (Å²) in [6, 6.07) is 148. The molecule has 27 rings (SSSR count). The molecule has 27 aromatic rings. The number of benzene rings is 18. The molecular weight excluding hydrogens is 1740 g/mol. The number of fused-ring (bicyclic) bond motifs is 21. The molecule has 0 aliphatic rings. The molecule has 0 fully saturated rings. The fourth-order valence-corrected chi connectivity index (χ4v) is 21.5. The fourth-order valence-electron chi connectivity index (χ4n) is 19.0. The second kappa shape index (κ2) is 34.9. The molecule has 9 aromatic heterocycles. The fraction of sp³-hybridized carbons (Fsp3) is 0.00826. The van der Waals surface area contributed by atoms with Gasteiger partial charge in [-0.15, -0.1) is 22.7 Å². The average Bonchev–Trinajstić information content (AvgIpc) is 1.57. The van der Waals surface area contributed by atoms with Crippen LogP contribution in [0.5, 0.6) is 0 Å². The Balaban J connectivity index is 0.000000113. The van der Waals surface area contributed by atoms with E-state index in [1.54, 1.807) is 23.5 Å². The highest BCUT2D eigenvalue weighted by molar-refractivity contribution is 7.27. The standard InChI is InChI=1S/C40H23N5O.2C40H23N5S.CH4/c41-24-25-10-8-13-27(22-25)28-14-9-15-29(23-28)39-42-38(26-11-2-1-3-12-26)43-40(44-39)45-34-18-6-4-16-30(34)32-20-21-33-31-17-5-7-19-35(31)46-37(33)36(32)45;41-24-25-17-19-26(20-18-25)28-11-8-12-29(23-28)39-42-38(27-9-2-1-3-10-27)43-40(44-39)45-34-15-6-4-13-30(34)32-21-22-33-31-14-5-7-16-35(31)46-37(33)36(32)45;41-24-25-14-16-27(17-15-25)39-42-38(26-8-2-1-3-9-26)43-40(44-39)28-18-20-29(21-19-28)45-34-12-6-4-10-30(34)32-22-23-33-31-11-5-7-13-35(31)46-37(33)36(32)45;/h3*1-23H;1H4. The van der Waals surface area contributed by atoms with E-state index in [1.807, 2.05) is 218 Å². The van der Waals surface area contributed by atoms with Crippen LogP contribution in [0, 0.1) is 34.0 Å². The highest BCUT2D eigenvalue weighted by Gasteiger charge is 2.27. The number of nitrogens with zero attached hydrogens (tertiary/aromatic N) is 15. The first-order valence-electron chi connectivity index (χ1n) is 45.0. The summed E-state index contributed by atoms with van der Waals surface area (Å²) in [7, 11) is 0. The molecule has 0 unspecified atom stereocenters. The Kier molecular flexibility index (Phi) is 20.9. The Labute approximate surface area is 803 Å². The third kappa shape index (κ3) is 14.8. The summed E-state index contributed by atoms with van der Waals surface area (Å²) in [6.45, 7) is 0. The molecule has 0 bridgehead atoms. The SMILES string of the molecule is C.N#Cc1ccc(-c2cccc(-c3nc(-c4ccccc4)nc(-n4c5ccccc5c5ccc6c7ccccc7sc6c54)n3)c2)cc1.N#Cc1ccc(-c2nc(-c3ccccc3)nc(-c3ccc(-n4c5ccccc5c5ccc6c7ccccc7sc6c54)cc3)n2)cc1.N#Cc1cccc(-c2cccc(-c3nc(-c4ccccc4)nc(-n4c5ccccc5c5ccc6c7ccccc7oc6c54)n3)c2)c1. The van der Waals surface area contributed by atoms with Crippen molar-refractivity contribution in [1.82, 2.24) is 58.6 Å². The number of hydrogen-bond acceptors (Lipinski definition) is 15. The lowest BCUT2D eigenvalue weighted by atomic mass is 10.0. The van der Waals surface area contributed by atoms with Crippen molar-refractivity contribution in [1.29, 1.82) is 15.8 Å². The summed E-state index contributed by atoms with van der Waals surface area (Å²) in [6.07, 6.45) is 0. The van der Waals surface area contributed by atoms with Crippen LogP contribution in [-0.2, 0) is 0 Å². The van der Waals surface area contributed by atoms with Gasteiger partial charge in [0.05, 0.1) is 71.9 Å². The first-order valence-corrected chi connectivity index (χ1v) is 46.7. The maximum absolute atomic E-state index is 9.47. The number of nitriles is 3. The van der Waals surface area contributed by atoms with Crippen molar-refractivity contribution < 1.29 is 4.42 Å². The molecule has 139 heavy (non-hydrogen) atoms. The van der Waals surface area contributed by atoms with Gasteiger partial charge in [0, 0.05) is 119 Å². The van der Waals surface area contributed by atoms with E-state index >= 15 is 0 Å². The molecule has 18 aromatic carbocycles. The Morgan fingerprint density at radius 1 is 0.216 bits per heavy atom. The number of para-hydroxylation sites is 4. The van der Waals surface area contributed by atoms with Crippen molar-refractivity contribution in [3.63, 3.8) is 0 Å². The van der Waals surface area contributed by atoms with E-state index in [2.05, 4.69) is 232 Å². The second-order valence-corrected chi connectivity index (χ2v) is 35.7. The lowest BCUT2D eigenvalue weighted by molar-refractivity contribution is 0.670. The van der Waals surface area contributed by atoms with Crippen molar-refractivity contribution >= 4 is 150 Å². The first-order chi connectivity index (χ1) is 68.2. The molecule has 0 radical (unpaired) electrons. The monoisotopic (exact) mass is 1820 g/mol. The predicted octanol–water partition coefficient (Wildman–Crippen LogP) is 30.8. The van der Waals surface area contributed by atoms with Crippen LogP contribution in [0.25, 0.3) is 247 Å². The van der Waals surface area contributed by atoms with E-state index < -0.39 is 0 Å². The van der Waals surface area contributed by atoms with E-state index in [1.165, 1.54) is 67.5 Å². The zero-order valence-corrected chi connectivity index (χ0v) is 74.9. The molecule has 0 spiro atoms. The van der Waals surface area contributed by atoms with Gasteiger partial charge in [-0.05, 0) is 150 Å². The number of rotatable bonds is 12. The van der Waals surface area contributed by atoms with Gasteiger partial charge in [0.1, 0.15) is 11.1 Å². The lowest BCUT2D eigenvalue weighted by Gasteiger charge is -2.12. The molecule has 0 atom stereocenters. The van der Waals surface area contributed by atoms with Gasteiger partial charge < -0.3 is 8.98 Å². The van der Waals surface area contributed by atoms with Gasteiger partial charge in [0.2, 0.25) is 11.9 Å². The number of thiophene rings is 2. The van der Waals surface area contributed by atoms with Crippen LogP contribution in [0.1, 0.15) is 24.1 Å². The van der Waals surface area contributed by atoms with Gasteiger partial charge in [-0.3, -0.25) is 9.13 Å². The molecule has 9 heterocycles. The minimum absolute atomic E-state index is 0. The Morgan fingerprint density at radius 2 is 0.532 bits per heavy atom. The molecule has 650 valence electrons. The Hall–Kier alpha value is -18.9. The van der Waals surface area contributed by atoms with Crippen LogP contribution in [0.15, 0.2) is 423 Å². The summed E-state index contributed by atoms with van der Waals surface area (Å²) in [5.41, 5.74) is 21.1. The van der Waals surface area contributed by atoms with Crippen LogP contribution in [0.2, 0.25) is 0 Å². The largest absolute Gasteiger partial charge is 0.454 e. The van der Waals surface area contributed by atoms with Gasteiger partial charge in [0.25, 0.3) is 0 Å². The molecule has 0 N–H and O–H groups in total. The summed E-state index contributed by atoms with van der Waals surface area (Å²) in [5.74, 6) is 5.14. The van der Waals surface area contributed by atoms with E-state index in [0.717, 1.165) is 127 Å². The lowest BCUT2D eigenvalue weighted by Crippen LogP contribution is -2.06. The molecule has 0 amide bonds. The summed E-state index contributed by atoms with van der Waals surface area (Å²) >= 11 is 3.66. The van der Waals surface area contributed by atoms with Gasteiger partial charge >= 0.3 is 0 Å². The van der Waals surface area contributed by atoms with Crippen LogP contribution in [0.3, 0.4) is 0 Å². The van der Waals surface area contributed by atoms with Crippen LogP contribution in [-0.4, -0.2) is 58.6 Å². The predicted molar refractivity (Wildman–Crippen MR) is 565 cm³/mol. The summed E-state index contributed by atoms with van der Waals surface area (Å²) in [5, 5.41) is 42.1. The maximum Gasteiger partial charge on any atom is 0.238 e. The van der Waals surface area contributed by atoms with E-state index in [0.29, 0.717) is 69.4 Å². The zero-order chi connectivity index (χ0) is 91.8. The Bertz CT molecular complexity index is 9710. The van der Waals surface area contributed by atoms with Gasteiger partial charge in [-0.2, -0.15) is 35.7 Å². The third-order valence-corrected chi connectivity index (χ3v) is 27.9. The minimum Gasteiger partial charge on any atom is -0.454 e. The van der Waals surface area contributed by atoms with Crippen molar-refractivity contribution in [2.24, 2.45) is 0 Å². The maximum atomic E-state index is 9.47. The Morgan fingerprint density at radius 3 is 1.00 bits per heavy atom. The first kappa shape index (κ1) is 83.2. The van der Waals surface area contributed by atoms with E-state index in [9.17, 15) is 15.8 Å². The van der Waals surface area contributed by atoms with Crippen molar-refractivity contribution in [3.8, 4) is 138 Å². The summed E-state index contributed by atoms with van der Waals surface area (Å²) < 4.78 is 18.3. The van der Waals surface area contributed by atoms with E-state index in [-0.39, 0.29) is 7.43 Å². The molecule has 0 saturated carbocycles. The van der Waals surface area contributed by atoms with Crippen molar-refractivity contribution in [2.45, 2.75) is 7.43 Å². The second-order valence-electron chi connectivity index (χ2n) is 33.6. The zero-order valence-electron chi connectivity index (χ0n) is 73.3. The number of hydrogen-bond donors (Lipinski definition) is 0. The minimum atomic E-state index is 0. The summed E-state index contributed by atoms with van der Waals surface area (Å²) in [4.78, 5) is 45.2. The average molecular weight is 1820 g/mol. The normalized spacial score (nSPS) is 11.4. The van der Waals surface area contributed by atoms with Crippen molar-refractivity contribution in [2.75, 3.05) is 0 Å². The smallest absolute Gasteiger partial charge is 0.238 e. The number of furan rings is 1. The molecule has 0 saturated heterocycles. The third-order valence-electron chi connectivity index (χ3n) is 25.5. The molecule has 16 nitrogen and oxygen atoms in total. The van der Waals surface area contributed by atoms with Crippen LogP contribution in [0.4, 0.5) is 0 Å². The van der Waals surface area contributed by atoms with Gasteiger partial charge in [-0.25, -0.2) is 24.9 Å². The van der Waals surface area contributed by atoms with Gasteiger partial charge in [0.15, 0.2) is 46.4 Å². The molecule has 0 aliphatic heterocycles. The van der Waals surface area contributed by atoms with Crippen molar-refractivity contribution in [3.05, 3.63) is 435 Å².